The van der Waals surface area contributed by atoms with Crippen molar-refractivity contribution in [3.05, 3.63) is 102 Å². The second kappa shape index (κ2) is 11.9. The summed E-state index contributed by atoms with van der Waals surface area (Å²) >= 11 is 0. The van der Waals surface area contributed by atoms with Crippen LogP contribution in [-0.2, 0) is 20.9 Å². The van der Waals surface area contributed by atoms with Crippen LogP contribution in [0.3, 0.4) is 0 Å². The molecule has 1 fully saturated rings. The molecule has 0 spiro atoms. The Labute approximate surface area is 204 Å². The summed E-state index contributed by atoms with van der Waals surface area (Å²) in [5, 5.41) is 2.72. The van der Waals surface area contributed by atoms with Gasteiger partial charge < -0.3 is 15.0 Å². The van der Waals surface area contributed by atoms with E-state index in [1.807, 2.05) is 30.3 Å². The van der Waals surface area contributed by atoms with Gasteiger partial charge in [0.1, 0.15) is 5.82 Å². The van der Waals surface area contributed by atoms with Gasteiger partial charge in [-0.1, -0.05) is 48.5 Å². The number of benzene rings is 3. The number of halogens is 1. The molecule has 3 aromatic rings. The van der Waals surface area contributed by atoms with E-state index in [1.165, 1.54) is 17.7 Å². The maximum atomic E-state index is 13.6. The lowest BCUT2D eigenvalue weighted by molar-refractivity contribution is -0.142. The van der Waals surface area contributed by atoms with Crippen LogP contribution in [0, 0.1) is 5.82 Å². The van der Waals surface area contributed by atoms with Crippen LogP contribution in [-0.4, -0.2) is 49.6 Å². The first kappa shape index (κ1) is 24.2. The molecule has 1 N–H and O–H groups in total. The van der Waals surface area contributed by atoms with Gasteiger partial charge in [-0.15, -0.1) is 0 Å². The Hall–Kier alpha value is -3.97. The number of ether oxygens (including phenoxy) is 1. The average molecular weight is 474 g/mol. The monoisotopic (exact) mass is 473 g/mol. The third-order valence-electron chi connectivity index (χ3n) is 5.79. The van der Waals surface area contributed by atoms with Gasteiger partial charge in [-0.3, -0.25) is 9.69 Å². The zero-order chi connectivity index (χ0) is 24.5. The number of rotatable bonds is 8. The SMILES string of the molecule is O=C(COC(=O)/C=C/c1ccccc1F)Nc1ccc(N2CCN(Cc3ccccc3)CC2)cc1. The molecule has 1 aliphatic rings. The number of esters is 1. The van der Waals surface area contributed by atoms with Crippen molar-refractivity contribution in [2.75, 3.05) is 43.0 Å². The van der Waals surface area contributed by atoms with Gasteiger partial charge in [-0.2, -0.15) is 0 Å². The van der Waals surface area contributed by atoms with Crippen molar-refractivity contribution < 1.29 is 18.7 Å². The zero-order valence-corrected chi connectivity index (χ0v) is 19.4. The minimum absolute atomic E-state index is 0.270. The molecule has 0 bridgehead atoms. The number of carbonyl (C=O) groups excluding carboxylic acids is 2. The Morgan fingerprint density at radius 1 is 0.886 bits per heavy atom. The fourth-order valence-electron chi connectivity index (χ4n) is 3.91. The van der Waals surface area contributed by atoms with E-state index in [-0.39, 0.29) is 5.56 Å². The van der Waals surface area contributed by atoms with Crippen LogP contribution in [0.25, 0.3) is 6.08 Å². The number of nitrogens with one attached hydrogen (secondary N) is 1. The summed E-state index contributed by atoms with van der Waals surface area (Å²) in [4.78, 5) is 28.7. The van der Waals surface area contributed by atoms with Gasteiger partial charge in [0, 0.05) is 55.7 Å². The molecule has 0 aromatic heterocycles. The number of nitrogens with zero attached hydrogens (tertiary/aromatic N) is 2. The maximum absolute atomic E-state index is 13.6. The largest absolute Gasteiger partial charge is 0.452 e. The fourth-order valence-corrected chi connectivity index (χ4v) is 3.91. The fraction of sp³-hybridized carbons (Fsp3) is 0.214. The first-order valence-electron chi connectivity index (χ1n) is 11.6. The Kier molecular flexibility index (Phi) is 8.25. The van der Waals surface area contributed by atoms with Crippen LogP contribution in [0.15, 0.2) is 84.9 Å². The summed E-state index contributed by atoms with van der Waals surface area (Å²) in [6.45, 7) is 4.40. The van der Waals surface area contributed by atoms with E-state index in [1.54, 1.807) is 18.2 Å². The van der Waals surface area contributed by atoms with Crippen molar-refractivity contribution in [2.24, 2.45) is 0 Å². The average Bonchev–Trinajstić information content (AvgIpc) is 2.89. The van der Waals surface area contributed by atoms with Crippen molar-refractivity contribution in [1.29, 1.82) is 0 Å². The smallest absolute Gasteiger partial charge is 0.331 e. The van der Waals surface area contributed by atoms with E-state index in [2.05, 4.69) is 39.4 Å². The van der Waals surface area contributed by atoms with Crippen LogP contribution >= 0.6 is 0 Å². The molecule has 3 aromatic carbocycles. The molecule has 0 atom stereocenters. The highest BCUT2D eigenvalue weighted by molar-refractivity contribution is 5.94. The minimum Gasteiger partial charge on any atom is -0.452 e. The standard InChI is InChI=1S/C28H28FN3O3/c29-26-9-5-4-8-23(26)10-15-28(34)35-21-27(33)30-24-11-13-25(14-12-24)32-18-16-31(17-19-32)20-22-6-2-1-3-7-22/h1-15H,16-21H2,(H,30,33)/b15-10+. The Morgan fingerprint density at radius 3 is 2.29 bits per heavy atom. The number of piperazine rings is 1. The molecule has 1 heterocycles. The molecule has 6 nitrogen and oxygen atoms in total. The van der Waals surface area contributed by atoms with E-state index in [9.17, 15) is 14.0 Å². The Morgan fingerprint density at radius 2 is 1.57 bits per heavy atom. The molecule has 35 heavy (non-hydrogen) atoms. The molecule has 0 unspecified atom stereocenters. The number of amides is 1. The molecule has 1 saturated heterocycles. The van der Waals surface area contributed by atoms with Gasteiger partial charge >= 0.3 is 5.97 Å². The highest BCUT2D eigenvalue weighted by Crippen LogP contribution is 2.20. The highest BCUT2D eigenvalue weighted by atomic mass is 19.1. The highest BCUT2D eigenvalue weighted by Gasteiger charge is 2.17. The van der Waals surface area contributed by atoms with Crippen LogP contribution < -0.4 is 10.2 Å². The number of anilines is 2. The normalized spacial score (nSPS) is 14.1. The quantitative estimate of drug-likeness (QED) is 0.390. The van der Waals surface area contributed by atoms with Crippen molar-refractivity contribution in [3.8, 4) is 0 Å². The first-order valence-corrected chi connectivity index (χ1v) is 11.6. The summed E-state index contributed by atoms with van der Waals surface area (Å²) in [5.74, 6) is -1.60. The van der Waals surface area contributed by atoms with E-state index < -0.39 is 24.3 Å². The summed E-state index contributed by atoms with van der Waals surface area (Å²) < 4.78 is 18.5. The molecule has 0 saturated carbocycles. The second-order valence-electron chi connectivity index (χ2n) is 8.31. The van der Waals surface area contributed by atoms with Crippen LogP contribution in [0.5, 0.6) is 0 Å². The molecule has 1 aliphatic heterocycles. The number of carbonyl (C=O) groups is 2. The Balaban J connectivity index is 1.19. The van der Waals surface area contributed by atoms with E-state index >= 15 is 0 Å². The predicted octanol–water partition coefficient (Wildman–Crippen LogP) is 4.34. The van der Waals surface area contributed by atoms with Crippen LogP contribution in [0.2, 0.25) is 0 Å². The number of hydrogen-bond donors (Lipinski definition) is 1. The lowest BCUT2D eigenvalue weighted by Crippen LogP contribution is -2.45. The molecule has 7 heteroatoms. The molecule has 0 aliphatic carbocycles. The molecule has 0 radical (unpaired) electrons. The van der Waals surface area contributed by atoms with Crippen molar-refractivity contribution in [1.82, 2.24) is 4.90 Å². The minimum atomic E-state index is -0.717. The summed E-state index contributed by atoms with van der Waals surface area (Å²) in [6, 6.07) is 24.2. The van der Waals surface area contributed by atoms with Gasteiger partial charge in [-0.05, 0) is 42.0 Å². The third kappa shape index (κ3) is 7.25. The van der Waals surface area contributed by atoms with Gasteiger partial charge in [0.05, 0.1) is 0 Å². The predicted molar refractivity (Wildman–Crippen MR) is 135 cm³/mol. The molecule has 1 amide bonds. The van der Waals surface area contributed by atoms with E-state index in [0.717, 1.165) is 44.5 Å². The summed E-state index contributed by atoms with van der Waals surface area (Å²) in [6.07, 6.45) is 2.41. The Bertz CT molecular complexity index is 1160. The lowest BCUT2D eigenvalue weighted by atomic mass is 10.2. The molecular weight excluding hydrogens is 445 g/mol. The van der Waals surface area contributed by atoms with E-state index in [0.29, 0.717) is 5.69 Å². The summed E-state index contributed by atoms with van der Waals surface area (Å²) in [7, 11) is 0. The number of hydrogen-bond acceptors (Lipinski definition) is 5. The van der Waals surface area contributed by atoms with Crippen molar-refractivity contribution in [3.63, 3.8) is 0 Å². The maximum Gasteiger partial charge on any atom is 0.331 e. The lowest BCUT2D eigenvalue weighted by Gasteiger charge is -2.36. The van der Waals surface area contributed by atoms with E-state index in [4.69, 9.17) is 4.74 Å². The molecule has 180 valence electrons. The van der Waals surface area contributed by atoms with Gasteiger partial charge in [-0.25, -0.2) is 9.18 Å². The van der Waals surface area contributed by atoms with Gasteiger partial charge in [0.15, 0.2) is 6.61 Å². The second-order valence-corrected chi connectivity index (χ2v) is 8.31. The summed E-state index contributed by atoms with van der Waals surface area (Å²) in [5.41, 5.74) is 3.32. The van der Waals surface area contributed by atoms with Crippen molar-refractivity contribution >= 4 is 29.3 Å². The molecule has 4 rings (SSSR count). The molecular formula is C28H28FN3O3. The topological polar surface area (TPSA) is 61.9 Å². The third-order valence-corrected chi connectivity index (χ3v) is 5.79. The zero-order valence-electron chi connectivity index (χ0n) is 19.4. The first-order chi connectivity index (χ1) is 17.1. The van der Waals surface area contributed by atoms with Crippen LogP contribution in [0.1, 0.15) is 11.1 Å². The van der Waals surface area contributed by atoms with Gasteiger partial charge in [0.2, 0.25) is 0 Å². The van der Waals surface area contributed by atoms with Crippen molar-refractivity contribution in [2.45, 2.75) is 6.54 Å². The van der Waals surface area contributed by atoms with Crippen LogP contribution in [0.4, 0.5) is 15.8 Å². The van der Waals surface area contributed by atoms with Gasteiger partial charge in [0.25, 0.3) is 5.91 Å².